The van der Waals surface area contributed by atoms with Crippen LogP contribution in [0.3, 0.4) is 0 Å². The molecular weight excluding hydrogens is 220 g/mol. The summed E-state index contributed by atoms with van der Waals surface area (Å²) in [6.07, 6.45) is 3.92. The van der Waals surface area contributed by atoms with Crippen molar-refractivity contribution in [1.82, 2.24) is 10.2 Å². The Bertz CT molecular complexity index is 356. The van der Waals surface area contributed by atoms with Crippen LogP contribution in [0.1, 0.15) is 37.3 Å². The average molecular weight is 246 g/mol. The van der Waals surface area contributed by atoms with Gasteiger partial charge in [0.05, 0.1) is 0 Å². The van der Waals surface area contributed by atoms with Crippen molar-refractivity contribution in [3.63, 3.8) is 0 Å². The van der Waals surface area contributed by atoms with Gasteiger partial charge < -0.3 is 5.32 Å². The number of hydrogen-bond acceptors (Lipinski definition) is 2. The van der Waals surface area contributed by atoms with Gasteiger partial charge in [-0.25, -0.2) is 0 Å². The fourth-order valence-electron chi connectivity index (χ4n) is 2.80. The number of benzene rings is 1. The molecule has 1 aromatic carbocycles. The van der Waals surface area contributed by atoms with Crippen LogP contribution in [-0.4, -0.2) is 30.6 Å². The summed E-state index contributed by atoms with van der Waals surface area (Å²) in [7, 11) is 0. The molecule has 2 heteroatoms. The van der Waals surface area contributed by atoms with Crippen LogP contribution < -0.4 is 5.32 Å². The minimum absolute atomic E-state index is 0.709. The molecule has 1 aliphatic heterocycles. The minimum atomic E-state index is 0.709. The third kappa shape index (κ3) is 3.82. The molecule has 1 fully saturated rings. The van der Waals surface area contributed by atoms with Crippen molar-refractivity contribution in [1.29, 1.82) is 0 Å². The SMILES string of the molecule is CCCN(Cc1ccccc1C)CC1CCCN1. The van der Waals surface area contributed by atoms with Crippen LogP contribution in [0.4, 0.5) is 0 Å². The standard InChI is InChI=1S/C16H26N2/c1-3-11-18(13-16-9-6-10-17-16)12-15-8-5-4-7-14(15)2/h4-5,7-8,16-17H,3,6,9-13H2,1-2H3. The summed E-state index contributed by atoms with van der Waals surface area (Å²) in [6.45, 7) is 9.18. The van der Waals surface area contributed by atoms with Gasteiger partial charge in [0.25, 0.3) is 0 Å². The van der Waals surface area contributed by atoms with Crippen LogP contribution in [0.15, 0.2) is 24.3 Å². The van der Waals surface area contributed by atoms with Gasteiger partial charge in [-0.05, 0) is 50.4 Å². The first kappa shape index (κ1) is 13.6. The van der Waals surface area contributed by atoms with Crippen molar-refractivity contribution in [2.24, 2.45) is 0 Å². The molecule has 1 aromatic rings. The lowest BCUT2D eigenvalue weighted by molar-refractivity contribution is 0.241. The van der Waals surface area contributed by atoms with E-state index < -0.39 is 0 Å². The van der Waals surface area contributed by atoms with Crippen molar-refractivity contribution in [3.8, 4) is 0 Å². The molecule has 0 spiro atoms. The zero-order valence-corrected chi connectivity index (χ0v) is 11.8. The van der Waals surface area contributed by atoms with E-state index in [-0.39, 0.29) is 0 Å². The Morgan fingerprint density at radius 3 is 2.83 bits per heavy atom. The first-order valence-electron chi connectivity index (χ1n) is 7.30. The first-order valence-corrected chi connectivity index (χ1v) is 7.30. The van der Waals surface area contributed by atoms with Gasteiger partial charge >= 0.3 is 0 Å². The molecule has 1 saturated heterocycles. The molecule has 18 heavy (non-hydrogen) atoms. The molecule has 0 aromatic heterocycles. The molecule has 1 unspecified atom stereocenters. The molecule has 1 heterocycles. The van der Waals surface area contributed by atoms with Crippen LogP contribution in [0.5, 0.6) is 0 Å². The van der Waals surface area contributed by atoms with E-state index in [1.54, 1.807) is 0 Å². The van der Waals surface area contributed by atoms with Crippen LogP contribution in [0, 0.1) is 6.92 Å². The highest BCUT2D eigenvalue weighted by Crippen LogP contribution is 2.13. The molecule has 0 aliphatic carbocycles. The summed E-state index contributed by atoms with van der Waals surface area (Å²) >= 11 is 0. The normalized spacial score (nSPS) is 19.6. The summed E-state index contributed by atoms with van der Waals surface area (Å²) in [6, 6.07) is 9.47. The molecule has 0 radical (unpaired) electrons. The van der Waals surface area contributed by atoms with Crippen LogP contribution in [-0.2, 0) is 6.54 Å². The van der Waals surface area contributed by atoms with Gasteiger partial charge in [0.1, 0.15) is 0 Å². The molecule has 1 atom stereocenters. The van der Waals surface area contributed by atoms with E-state index in [1.807, 2.05) is 0 Å². The van der Waals surface area contributed by atoms with Crippen LogP contribution in [0.2, 0.25) is 0 Å². The number of hydrogen-bond donors (Lipinski definition) is 1. The molecule has 2 nitrogen and oxygen atoms in total. The fraction of sp³-hybridized carbons (Fsp3) is 0.625. The third-order valence-electron chi connectivity index (χ3n) is 3.84. The number of aryl methyl sites for hydroxylation is 1. The van der Waals surface area contributed by atoms with Crippen molar-refractivity contribution in [3.05, 3.63) is 35.4 Å². The van der Waals surface area contributed by atoms with Gasteiger partial charge in [0.2, 0.25) is 0 Å². The highest BCUT2D eigenvalue weighted by atomic mass is 15.1. The van der Waals surface area contributed by atoms with Gasteiger partial charge in [-0.2, -0.15) is 0 Å². The zero-order valence-electron chi connectivity index (χ0n) is 11.8. The molecule has 100 valence electrons. The quantitative estimate of drug-likeness (QED) is 0.830. The van der Waals surface area contributed by atoms with Gasteiger partial charge in [0.15, 0.2) is 0 Å². The lowest BCUT2D eigenvalue weighted by atomic mass is 10.1. The van der Waals surface area contributed by atoms with E-state index in [1.165, 1.54) is 50.0 Å². The van der Waals surface area contributed by atoms with Gasteiger partial charge in [-0.1, -0.05) is 31.2 Å². The van der Waals surface area contributed by atoms with Crippen molar-refractivity contribution in [2.45, 2.75) is 45.7 Å². The van der Waals surface area contributed by atoms with Gasteiger partial charge in [0, 0.05) is 19.1 Å². The maximum Gasteiger partial charge on any atom is 0.0237 e. The highest BCUT2D eigenvalue weighted by molar-refractivity contribution is 5.25. The number of nitrogens with zero attached hydrogens (tertiary/aromatic N) is 1. The maximum absolute atomic E-state index is 3.60. The lowest BCUT2D eigenvalue weighted by Crippen LogP contribution is -2.37. The van der Waals surface area contributed by atoms with Crippen molar-refractivity contribution >= 4 is 0 Å². The molecule has 0 saturated carbocycles. The predicted molar refractivity (Wildman–Crippen MR) is 77.8 cm³/mol. The fourth-order valence-corrected chi connectivity index (χ4v) is 2.80. The summed E-state index contributed by atoms with van der Waals surface area (Å²) < 4.78 is 0. The Kier molecular flexibility index (Phi) is 5.21. The minimum Gasteiger partial charge on any atom is -0.313 e. The summed E-state index contributed by atoms with van der Waals surface area (Å²) in [5.41, 5.74) is 2.89. The van der Waals surface area contributed by atoms with Gasteiger partial charge in [-0.3, -0.25) is 4.90 Å². The monoisotopic (exact) mass is 246 g/mol. The number of rotatable bonds is 6. The summed E-state index contributed by atoms with van der Waals surface area (Å²) in [4.78, 5) is 2.60. The first-order chi connectivity index (χ1) is 8.79. The van der Waals surface area contributed by atoms with Crippen molar-refractivity contribution < 1.29 is 0 Å². The van der Waals surface area contributed by atoms with E-state index in [4.69, 9.17) is 0 Å². The second-order valence-corrected chi connectivity index (χ2v) is 5.45. The molecular formula is C16H26N2. The highest BCUT2D eigenvalue weighted by Gasteiger charge is 2.17. The summed E-state index contributed by atoms with van der Waals surface area (Å²) in [5.74, 6) is 0. The van der Waals surface area contributed by atoms with Crippen LogP contribution in [0.25, 0.3) is 0 Å². The second kappa shape index (κ2) is 6.91. The predicted octanol–water partition coefficient (Wildman–Crippen LogP) is 2.96. The molecule has 1 N–H and O–H groups in total. The molecule has 0 amide bonds. The average Bonchev–Trinajstić information content (AvgIpc) is 2.85. The Morgan fingerprint density at radius 2 is 2.17 bits per heavy atom. The Labute approximate surface area is 111 Å². The smallest absolute Gasteiger partial charge is 0.0237 e. The largest absolute Gasteiger partial charge is 0.313 e. The van der Waals surface area contributed by atoms with E-state index in [0.29, 0.717) is 6.04 Å². The van der Waals surface area contributed by atoms with E-state index >= 15 is 0 Å². The zero-order chi connectivity index (χ0) is 12.8. The maximum atomic E-state index is 3.60. The van der Waals surface area contributed by atoms with E-state index in [0.717, 1.165) is 6.54 Å². The summed E-state index contributed by atoms with van der Waals surface area (Å²) in [5, 5.41) is 3.60. The second-order valence-electron chi connectivity index (χ2n) is 5.45. The van der Waals surface area contributed by atoms with E-state index in [9.17, 15) is 0 Å². The van der Waals surface area contributed by atoms with E-state index in [2.05, 4.69) is 48.3 Å². The lowest BCUT2D eigenvalue weighted by Gasteiger charge is -2.26. The van der Waals surface area contributed by atoms with Crippen LogP contribution >= 0.6 is 0 Å². The Balaban J connectivity index is 1.94. The van der Waals surface area contributed by atoms with Crippen molar-refractivity contribution in [2.75, 3.05) is 19.6 Å². The molecule has 1 aliphatic rings. The Hall–Kier alpha value is -0.860. The molecule has 0 bridgehead atoms. The number of nitrogens with one attached hydrogen (secondary N) is 1. The topological polar surface area (TPSA) is 15.3 Å². The molecule has 2 rings (SSSR count). The third-order valence-corrected chi connectivity index (χ3v) is 3.84. The van der Waals surface area contributed by atoms with Gasteiger partial charge in [-0.15, -0.1) is 0 Å². The Morgan fingerprint density at radius 1 is 1.33 bits per heavy atom.